The van der Waals surface area contributed by atoms with Gasteiger partial charge in [0.25, 0.3) is 0 Å². The van der Waals surface area contributed by atoms with Gasteiger partial charge in [-0.25, -0.2) is 4.79 Å². The summed E-state index contributed by atoms with van der Waals surface area (Å²) in [5.41, 5.74) is 2.73. The van der Waals surface area contributed by atoms with Gasteiger partial charge in [-0.05, 0) is 52.7 Å². The number of fused-ring (bicyclic) bond motifs is 1. The molecule has 5 heteroatoms. The first-order chi connectivity index (χ1) is 15.1. The van der Waals surface area contributed by atoms with E-state index in [1.165, 1.54) is 5.39 Å². The van der Waals surface area contributed by atoms with Crippen molar-refractivity contribution in [2.45, 2.75) is 6.61 Å². The summed E-state index contributed by atoms with van der Waals surface area (Å²) in [5.74, 6) is 0.228. The minimum Gasteiger partial charge on any atom is -0.493 e. The molecule has 0 spiro atoms. The van der Waals surface area contributed by atoms with E-state index in [1.54, 1.807) is 37.6 Å². The summed E-state index contributed by atoms with van der Waals surface area (Å²) in [6.07, 6.45) is 1.76. The number of methoxy groups -OCH3 is 1. The van der Waals surface area contributed by atoms with Crippen molar-refractivity contribution < 1.29 is 19.4 Å². The summed E-state index contributed by atoms with van der Waals surface area (Å²) < 4.78 is 11.5. The molecule has 4 rings (SSSR count). The fourth-order valence-electron chi connectivity index (χ4n) is 3.25. The lowest BCUT2D eigenvalue weighted by atomic mass is 10.1. The number of hydrogen-bond donors (Lipinski definition) is 1. The number of carboxylic acid groups (broad SMARTS) is 1. The molecule has 0 aliphatic carbocycles. The highest BCUT2D eigenvalue weighted by molar-refractivity contribution is 5.90. The Hall–Kier alpha value is -4.12. The third-order valence-electron chi connectivity index (χ3n) is 4.90. The van der Waals surface area contributed by atoms with Gasteiger partial charge in [-0.1, -0.05) is 48.5 Å². The fourth-order valence-corrected chi connectivity index (χ4v) is 3.25. The molecule has 0 aliphatic rings. The number of ether oxygens (including phenoxy) is 2. The van der Waals surface area contributed by atoms with Gasteiger partial charge < -0.3 is 14.6 Å². The van der Waals surface area contributed by atoms with Crippen molar-refractivity contribution in [1.82, 2.24) is 0 Å². The van der Waals surface area contributed by atoms with Crippen molar-refractivity contribution in [3.8, 4) is 11.5 Å². The third-order valence-corrected chi connectivity index (χ3v) is 4.90. The van der Waals surface area contributed by atoms with Crippen LogP contribution in [0.15, 0.2) is 89.9 Å². The quantitative estimate of drug-likeness (QED) is 0.386. The zero-order chi connectivity index (χ0) is 21.6. The summed E-state index contributed by atoms with van der Waals surface area (Å²) in [5, 5.41) is 11.3. The van der Waals surface area contributed by atoms with E-state index in [0.29, 0.717) is 11.5 Å². The van der Waals surface area contributed by atoms with Gasteiger partial charge in [0.15, 0.2) is 11.5 Å². The van der Waals surface area contributed by atoms with Gasteiger partial charge in [-0.2, -0.15) is 0 Å². The Kier molecular flexibility index (Phi) is 5.94. The number of aromatic carboxylic acids is 1. The Bertz CT molecular complexity index is 1250. The normalized spacial score (nSPS) is 11.0. The molecule has 1 N–H and O–H groups in total. The fraction of sp³-hybridized carbons (Fsp3) is 0.0769. The van der Waals surface area contributed by atoms with Gasteiger partial charge in [0.1, 0.15) is 6.61 Å². The molecule has 0 aromatic heterocycles. The highest BCUT2D eigenvalue weighted by atomic mass is 16.5. The van der Waals surface area contributed by atoms with Crippen LogP contribution in [0, 0.1) is 0 Å². The van der Waals surface area contributed by atoms with Crippen molar-refractivity contribution >= 4 is 28.6 Å². The molecular weight excluding hydrogens is 390 g/mol. The molecule has 0 unspecified atom stereocenters. The summed E-state index contributed by atoms with van der Waals surface area (Å²) in [4.78, 5) is 15.6. The van der Waals surface area contributed by atoms with Crippen LogP contribution in [0.1, 0.15) is 21.5 Å². The molecule has 31 heavy (non-hydrogen) atoms. The molecule has 4 aromatic rings. The lowest BCUT2D eigenvalue weighted by Gasteiger charge is -2.13. The van der Waals surface area contributed by atoms with Gasteiger partial charge in [0, 0.05) is 11.8 Å². The summed E-state index contributed by atoms with van der Waals surface area (Å²) in [7, 11) is 1.59. The van der Waals surface area contributed by atoms with Crippen LogP contribution >= 0.6 is 0 Å². The minimum absolute atomic E-state index is 0.240. The summed E-state index contributed by atoms with van der Waals surface area (Å²) in [6, 6.07) is 26.4. The topological polar surface area (TPSA) is 68.1 Å². The molecule has 5 nitrogen and oxygen atoms in total. The number of hydrogen-bond acceptors (Lipinski definition) is 4. The Morgan fingerprint density at radius 1 is 0.935 bits per heavy atom. The van der Waals surface area contributed by atoms with Gasteiger partial charge in [0.2, 0.25) is 0 Å². The molecule has 0 fully saturated rings. The lowest BCUT2D eigenvalue weighted by Crippen LogP contribution is -2.02. The molecule has 4 aromatic carbocycles. The van der Waals surface area contributed by atoms with Crippen molar-refractivity contribution in [1.29, 1.82) is 0 Å². The molecule has 0 bridgehead atoms. The zero-order valence-corrected chi connectivity index (χ0v) is 17.0. The SMILES string of the molecule is COc1cccc(C=Nc2ccc3ccccc3c2)c1OCc1ccc(C(=O)O)cc1. The molecule has 0 aliphatic heterocycles. The predicted molar refractivity (Wildman–Crippen MR) is 122 cm³/mol. The number of benzene rings is 4. The molecule has 0 radical (unpaired) electrons. The van der Waals surface area contributed by atoms with Gasteiger partial charge in [-0.15, -0.1) is 0 Å². The van der Waals surface area contributed by atoms with Crippen LogP contribution in [-0.2, 0) is 6.61 Å². The number of nitrogens with zero attached hydrogens (tertiary/aromatic N) is 1. The maximum absolute atomic E-state index is 11.0. The maximum Gasteiger partial charge on any atom is 0.335 e. The molecule has 154 valence electrons. The molecule has 0 saturated heterocycles. The minimum atomic E-state index is -0.954. The van der Waals surface area contributed by atoms with Crippen LogP contribution in [0.3, 0.4) is 0 Å². The van der Waals surface area contributed by atoms with Gasteiger partial charge >= 0.3 is 5.97 Å². The van der Waals surface area contributed by atoms with E-state index < -0.39 is 5.97 Å². The van der Waals surface area contributed by atoms with Gasteiger partial charge in [0.05, 0.1) is 18.4 Å². The monoisotopic (exact) mass is 411 g/mol. The second kappa shape index (κ2) is 9.13. The second-order valence-corrected chi connectivity index (χ2v) is 6.96. The first-order valence-corrected chi connectivity index (χ1v) is 9.79. The van der Waals surface area contributed by atoms with Crippen LogP contribution in [-0.4, -0.2) is 24.4 Å². The van der Waals surface area contributed by atoms with E-state index in [9.17, 15) is 4.79 Å². The smallest absolute Gasteiger partial charge is 0.335 e. The molecular formula is C26H21NO4. The second-order valence-electron chi connectivity index (χ2n) is 6.96. The Morgan fingerprint density at radius 2 is 1.71 bits per heavy atom. The van der Waals surface area contributed by atoms with Crippen LogP contribution in [0.4, 0.5) is 5.69 Å². The maximum atomic E-state index is 11.0. The van der Waals surface area contributed by atoms with E-state index in [4.69, 9.17) is 14.6 Å². The van der Waals surface area contributed by atoms with Crippen LogP contribution in [0.25, 0.3) is 10.8 Å². The van der Waals surface area contributed by atoms with E-state index in [-0.39, 0.29) is 12.2 Å². The number of carboxylic acids is 1. The van der Waals surface area contributed by atoms with Crippen molar-refractivity contribution in [2.24, 2.45) is 4.99 Å². The third kappa shape index (κ3) is 4.73. The van der Waals surface area contributed by atoms with Crippen molar-refractivity contribution in [2.75, 3.05) is 7.11 Å². The largest absolute Gasteiger partial charge is 0.493 e. The summed E-state index contributed by atoms with van der Waals surface area (Å²) >= 11 is 0. The number of carbonyl (C=O) groups is 1. The van der Waals surface area contributed by atoms with E-state index >= 15 is 0 Å². The van der Waals surface area contributed by atoms with E-state index in [1.807, 2.05) is 48.5 Å². The molecule has 0 atom stereocenters. The predicted octanol–water partition coefficient (Wildman–Crippen LogP) is 5.88. The zero-order valence-electron chi connectivity index (χ0n) is 17.0. The van der Waals surface area contributed by atoms with E-state index in [2.05, 4.69) is 17.1 Å². The first kappa shape index (κ1) is 20.2. The number of para-hydroxylation sites is 1. The average Bonchev–Trinajstić information content (AvgIpc) is 2.81. The molecule has 0 heterocycles. The highest BCUT2D eigenvalue weighted by Crippen LogP contribution is 2.31. The van der Waals surface area contributed by atoms with Crippen molar-refractivity contribution in [3.63, 3.8) is 0 Å². The van der Waals surface area contributed by atoms with E-state index in [0.717, 1.165) is 22.2 Å². The van der Waals surface area contributed by atoms with Gasteiger partial charge in [-0.3, -0.25) is 4.99 Å². The van der Waals surface area contributed by atoms with Crippen molar-refractivity contribution in [3.05, 3.63) is 102 Å². The average molecular weight is 411 g/mol. The van der Waals surface area contributed by atoms with Crippen LogP contribution < -0.4 is 9.47 Å². The number of aliphatic imine (C=N–C) groups is 1. The Morgan fingerprint density at radius 3 is 2.45 bits per heavy atom. The van der Waals surface area contributed by atoms with Crippen LogP contribution in [0.5, 0.6) is 11.5 Å². The first-order valence-electron chi connectivity index (χ1n) is 9.79. The number of rotatable bonds is 7. The Labute approximate surface area is 180 Å². The molecule has 0 saturated carbocycles. The Balaban J connectivity index is 1.57. The molecule has 0 amide bonds. The summed E-state index contributed by atoms with van der Waals surface area (Å²) in [6.45, 7) is 0.275. The lowest BCUT2D eigenvalue weighted by molar-refractivity contribution is 0.0697. The standard InChI is InChI=1S/C26H21NO4/c1-30-24-8-4-7-22(16-27-23-14-13-19-5-2-3-6-21(19)15-23)25(24)31-17-18-9-11-20(12-10-18)26(28)29/h2-16H,17H2,1H3,(H,28,29). The van der Waals surface area contributed by atoms with Crippen LogP contribution in [0.2, 0.25) is 0 Å². The highest BCUT2D eigenvalue weighted by Gasteiger charge is 2.10.